The molecule has 0 spiro atoms. The molecule has 1 aromatic rings. The lowest BCUT2D eigenvalue weighted by Crippen LogP contribution is -2.36. The van der Waals surface area contributed by atoms with Crippen LogP contribution in [0.4, 0.5) is 5.69 Å². The number of halogens is 1. The number of carbonyl (C=O) groups is 1. The second kappa shape index (κ2) is 6.80. The van der Waals surface area contributed by atoms with Gasteiger partial charge in [-0.1, -0.05) is 19.3 Å². The molecule has 1 N–H and O–H groups in total. The minimum atomic E-state index is -0.0714. The van der Waals surface area contributed by atoms with Crippen LogP contribution in [0, 0.1) is 5.92 Å². The molecular formula is C15H20ClNO2. The van der Waals surface area contributed by atoms with Crippen LogP contribution in [0.2, 0.25) is 0 Å². The van der Waals surface area contributed by atoms with E-state index in [0.717, 1.165) is 12.2 Å². The second-order valence-electron chi connectivity index (χ2n) is 5.16. The van der Waals surface area contributed by atoms with E-state index in [1.807, 2.05) is 0 Å². The third-order valence-electron chi connectivity index (χ3n) is 3.74. The zero-order valence-electron chi connectivity index (χ0n) is 11.0. The smallest absolute Gasteiger partial charge is 0.241 e. The van der Waals surface area contributed by atoms with E-state index in [4.69, 9.17) is 11.6 Å². The van der Waals surface area contributed by atoms with E-state index in [-0.39, 0.29) is 17.5 Å². The molecule has 0 atom stereocenters. The molecule has 0 heterocycles. The molecule has 1 saturated carbocycles. The average molecular weight is 282 g/mol. The molecule has 0 saturated heterocycles. The van der Waals surface area contributed by atoms with E-state index >= 15 is 0 Å². The zero-order valence-corrected chi connectivity index (χ0v) is 11.8. The number of hydrogen-bond donors (Lipinski definition) is 1. The Labute approximate surface area is 119 Å². The molecule has 1 amide bonds. The average Bonchev–Trinajstić information content (AvgIpc) is 2.46. The maximum atomic E-state index is 12.0. The number of phenolic OH excluding ortho intramolecular Hbond substituents is 1. The number of nitrogens with zero attached hydrogens (tertiary/aromatic N) is 1. The molecule has 3 nitrogen and oxygen atoms in total. The SMILES string of the molecule is O=C(CCl)N(CC1CCCCC1)c1ccc(O)cc1. The summed E-state index contributed by atoms with van der Waals surface area (Å²) in [4.78, 5) is 13.8. The number of amides is 1. The molecule has 0 bridgehead atoms. The third-order valence-corrected chi connectivity index (χ3v) is 3.97. The summed E-state index contributed by atoms with van der Waals surface area (Å²) in [7, 11) is 0. The second-order valence-corrected chi connectivity index (χ2v) is 5.43. The molecule has 0 unspecified atom stereocenters. The fourth-order valence-corrected chi connectivity index (χ4v) is 2.83. The Kier molecular flexibility index (Phi) is 5.08. The molecule has 19 heavy (non-hydrogen) atoms. The zero-order chi connectivity index (χ0) is 13.7. The molecule has 0 aromatic heterocycles. The first-order chi connectivity index (χ1) is 9.20. The minimum absolute atomic E-state index is 0.00635. The summed E-state index contributed by atoms with van der Waals surface area (Å²) in [5, 5.41) is 9.33. The van der Waals surface area contributed by atoms with Gasteiger partial charge >= 0.3 is 0 Å². The Morgan fingerprint density at radius 1 is 1.21 bits per heavy atom. The number of phenols is 1. The lowest BCUT2D eigenvalue weighted by molar-refractivity contribution is -0.116. The Balaban J connectivity index is 2.10. The van der Waals surface area contributed by atoms with Crippen molar-refractivity contribution in [1.82, 2.24) is 0 Å². The van der Waals surface area contributed by atoms with E-state index in [2.05, 4.69) is 0 Å². The van der Waals surface area contributed by atoms with Crippen molar-refractivity contribution in [2.24, 2.45) is 5.92 Å². The van der Waals surface area contributed by atoms with Gasteiger partial charge in [0.05, 0.1) is 0 Å². The molecule has 1 fully saturated rings. The summed E-state index contributed by atoms with van der Waals surface area (Å²) >= 11 is 5.71. The van der Waals surface area contributed by atoms with Gasteiger partial charge in [0.2, 0.25) is 5.91 Å². The van der Waals surface area contributed by atoms with Crippen molar-refractivity contribution in [1.29, 1.82) is 0 Å². The fourth-order valence-electron chi connectivity index (χ4n) is 2.68. The largest absolute Gasteiger partial charge is 0.508 e. The molecule has 0 radical (unpaired) electrons. The van der Waals surface area contributed by atoms with Crippen LogP contribution in [-0.2, 0) is 4.79 Å². The van der Waals surface area contributed by atoms with Gasteiger partial charge in [-0.05, 0) is 43.0 Å². The maximum Gasteiger partial charge on any atom is 0.241 e. The van der Waals surface area contributed by atoms with Crippen LogP contribution in [0.25, 0.3) is 0 Å². The van der Waals surface area contributed by atoms with E-state index in [1.54, 1.807) is 29.2 Å². The molecule has 104 valence electrons. The van der Waals surface area contributed by atoms with E-state index in [1.165, 1.54) is 32.1 Å². The van der Waals surface area contributed by atoms with Gasteiger partial charge in [-0.25, -0.2) is 0 Å². The fraction of sp³-hybridized carbons (Fsp3) is 0.533. The Hall–Kier alpha value is -1.22. The van der Waals surface area contributed by atoms with Gasteiger partial charge in [0.25, 0.3) is 0 Å². The lowest BCUT2D eigenvalue weighted by atomic mass is 9.89. The van der Waals surface area contributed by atoms with Crippen LogP contribution < -0.4 is 4.90 Å². The Bertz CT molecular complexity index is 413. The van der Waals surface area contributed by atoms with E-state index in [0.29, 0.717) is 5.92 Å². The highest BCUT2D eigenvalue weighted by Crippen LogP contribution is 2.27. The highest BCUT2D eigenvalue weighted by atomic mass is 35.5. The van der Waals surface area contributed by atoms with Crippen LogP contribution in [-0.4, -0.2) is 23.4 Å². The predicted molar refractivity (Wildman–Crippen MR) is 77.8 cm³/mol. The number of hydrogen-bond acceptors (Lipinski definition) is 2. The molecule has 4 heteroatoms. The van der Waals surface area contributed by atoms with Crippen molar-refractivity contribution >= 4 is 23.2 Å². The highest BCUT2D eigenvalue weighted by Gasteiger charge is 2.21. The van der Waals surface area contributed by atoms with Gasteiger partial charge < -0.3 is 10.0 Å². The summed E-state index contributed by atoms with van der Waals surface area (Å²) in [5.74, 6) is 0.695. The summed E-state index contributed by atoms with van der Waals surface area (Å²) in [6.07, 6.45) is 6.18. The Morgan fingerprint density at radius 2 is 1.84 bits per heavy atom. The molecular weight excluding hydrogens is 262 g/mol. The number of anilines is 1. The minimum Gasteiger partial charge on any atom is -0.508 e. The van der Waals surface area contributed by atoms with Crippen LogP contribution in [0.15, 0.2) is 24.3 Å². The number of rotatable bonds is 4. The quantitative estimate of drug-likeness (QED) is 0.858. The highest BCUT2D eigenvalue weighted by molar-refractivity contribution is 6.29. The van der Waals surface area contributed by atoms with Crippen LogP contribution >= 0.6 is 11.6 Å². The molecule has 1 aliphatic carbocycles. The van der Waals surface area contributed by atoms with E-state index < -0.39 is 0 Å². The van der Waals surface area contributed by atoms with Gasteiger partial charge in [-0.3, -0.25) is 4.79 Å². The maximum absolute atomic E-state index is 12.0. The standard InChI is InChI=1S/C15H20ClNO2/c16-10-15(19)17(11-12-4-2-1-3-5-12)13-6-8-14(18)9-7-13/h6-9,12,18H,1-5,10-11H2. The van der Waals surface area contributed by atoms with E-state index in [9.17, 15) is 9.90 Å². The topological polar surface area (TPSA) is 40.5 Å². The molecule has 2 rings (SSSR count). The van der Waals surface area contributed by atoms with Crippen molar-refractivity contribution in [2.45, 2.75) is 32.1 Å². The van der Waals surface area contributed by atoms with Crippen LogP contribution in [0.1, 0.15) is 32.1 Å². The summed E-state index contributed by atoms with van der Waals surface area (Å²) in [5.41, 5.74) is 0.814. The van der Waals surface area contributed by atoms with Gasteiger partial charge in [0.15, 0.2) is 0 Å². The van der Waals surface area contributed by atoms with Gasteiger partial charge in [-0.15, -0.1) is 11.6 Å². The first-order valence-corrected chi connectivity index (χ1v) is 7.39. The van der Waals surface area contributed by atoms with Crippen molar-refractivity contribution in [2.75, 3.05) is 17.3 Å². The first kappa shape index (κ1) is 14.2. The number of alkyl halides is 1. The van der Waals surface area contributed by atoms with Crippen molar-refractivity contribution in [3.05, 3.63) is 24.3 Å². The van der Waals surface area contributed by atoms with Gasteiger partial charge in [0.1, 0.15) is 11.6 Å². The van der Waals surface area contributed by atoms with Crippen molar-refractivity contribution in [3.63, 3.8) is 0 Å². The van der Waals surface area contributed by atoms with Crippen molar-refractivity contribution < 1.29 is 9.90 Å². The number of aromatic hydroxyl groups is 1. The molecule has 1 aromatic carbocycles. The number of carbonyl (C=O) groups excluding carboxylic acids is 1. The Morgan fingerprint density at radius 3 is 2.42 bits per heavy atom. The third kappa shape index (κ3) is 3.87. The van der Waals surface area contributed by atoms with Crippen molar-refractivity contribution in [3.8, 4) is 5.75 Å². The first-order valence-electron chi connectivity index (χ1n) is 6.86. The predicted octanol–water partition coefficient (Wildman–Crippen LogP) is 3.54. The van der Waals surface area contributed by atoms with Crippen LogP contribution in [0.5, 0.6) is 5.75 Å². The van der Waals surface area contributed by atoms with Gasteiger partial charge in [0, 0.05) is 12.2 Å². The van der Waals surface area contributed by atoms with Gasteiger partial charge in [-0.2, -0.15) is 0 Å². The monoisotopic (exact) mass is 281 g/mol. The normalized spacial score (nSPS) is 16.3. The van der Waals surface area contributed by atoms with Crippen LogP contribution in [0.3, 0.4) is 0 Å². The molecule has 1 aliphatic rings. The summed E-state index contributed by atoms with van der Waals surface area (Å²) < 4.78 is 0. The number of benzene rings is 1. The summed E-state index contributed by atoms with van der Waals surface area (Å²) in [6, 6.07) is 6.74. The summed E-state index contributed by atoms with van der Waals surface area (Å²) in [6.45, 7) is 0.732. The molecule has 0 aliphatic heterocycles. The lowest BCUT2D eigenvalue weighted by Gasteiger charge is -2.29.